The second-order valence-electron chi connectivity index (χ2n) is 6.61. The molecule has 2 aromatic carbocycles. The van der Waals surface area contributed by atoms with Crippen LogP contribution in [0.3, 0.4) is 0 Å². The van der Waals surface area contributed by atoms with E-state index >= 15 is 0 Å². The van der Waals surface area contributed by atoms with Crippen LogP contribution in [0.2, 0.25) is 0 Å². The van der Waals surface area contributed by atoms with Gasteiger partial charge in [-0.1, -0.05) is 22.9 Å². The molecule has 0 N–H and O–H groups in total. The van der Waals surface area contributed by atoms with Gasteiger partial charge in [-0.25, -0.2) is 4.90 Å². The third-order valence-corrected chi connectivity index (χ3v) is 5.61. The Hall–Kier alpha value is -2.67. The van der Waals surface area contributed by atoms with Crippen LogP contribution in [0.4, 0.5) is 5.69 Å². The lowest BCUT2D eigenvalue weighted by molar-refractivity contribution is -0.151. The second-order valence-corrected chi connectivity index (χ2v) is 7.52. The molecule has 0 unspecified atom stereocenters. The van der Waals surface area contributed by atoms with Gasteiger partial charge in [-0.2, -0.15) is 0 Å². The monoisotopic (exact) mass is 429 g/mol. The van der Waals surface area contributed by atoms with Crippen LogP contribution >= 0.6 is 15.9 Å². The molecule has 2 aromatic rings. The van der Waals surface area contributed by atoms with Gasteiger partial charge >= 0.3 is 5.97 Å². The van der Waals surface area contributed by atoms with E-state index in [4.69, 9.17) is 9.47 Å². The number of imide groups is 1. The molecule has 4 rings (SSSR count). The van der Waals surface area contributed by atoms with Crippen molar-refractivity contribution >= 4 is 39.4 Å². The van der Waals surface area contributed by atoms with E-state index in [1.807, 2.05) is 0 Å². The van der Waals surface area contributed by atoms with Crippen molar-refractivity contribution in [3.63, 3.8) is 0 Å². The highest BCUT2D eigenvalue weighted by Crippen LogP contribution is 2.47. The lowest BCUT2D eigenvalue weighted by atomic mass is 9.72. The van der Waals surface area contributed by atoms with E-state index in [9.17, 15) is 14.4 Å². The van der Waals surface area contributed by atoms with Gasteiger partial charge in [0.2, 0.25) is 11.8 Å². The van der Waals surface area contributed by atoms with Crippen molar-refractivity contribution in [2.24, 2.45) is 11.8 Å². The highest BCUT2D eigenvalue weighted by Gasteiger charge is 2.54. The maximum atomic E-state index is 13.1. The number of methoxy groups -OCH3 is 1. The number of rotatable bonds is 2. The zero-order valence-corrected chi connectivity index (χ0v) is 16.2. The van der Waals surface area contributed by atoms with Gasteiger partial charge < -0.3 is 9.47 Å². The van der Waals surface area contributed by atoms with Gasteiger partial charge in [0.1, 0.15) is 17.4 Å². The second kappa shape index (κ2) is 6.49. The minimum absolute atomic E-state index is 0.341. The number of fused-ring (bicyclic) bond motifs is 3. The lowest BCUT2D eigenvalue weighted by Crippen LogP contribution is -2.57. The maximum Gasteiger partial charge on any atom is 0.324 e. The van der Waals surface area contributed by atoms with Crippen LogP contribution in [-0.4, -0.2) is 24.9 Å². The molecular formula is C20H16BrNO5. The molecule has 138 valence electrons. The van der Waals surface area contributed by atoms with Crippen LogP contribution in [0.15, 0.2) is 46.9 Å². The highest BCUT2D eigenvalue weighted by atomic mass is 79.9. The van der Waals surface area contributed by atoms with Crippen LogP contribution in [0.5, 0.6) is 11.5 Å². The van der Waals surface area contributed by atoms with E-state index in [1.165, 1.54) is 7.11 Å². The number of halogens is 1. The molecular weight excluding hydrogens is 414 g/mol. The summed E-state index contributed by atoms with van der Waals surface area (Å²) in [5.41, 5.74) is 1.10. The summed E-state index contributed by atoms with van der Waals surface area (Å²) in [4.78, 5) is 39.9. The summed E-state index contributed by atoms with van der Waals surface area (Å²) in [5, 5.41) is 0. The topological polar surface area (TPSA) is 72.9 Å². The first-order chi connectivity index (χ1) is 12.9. The van der Waals surface area contributed by atoms with E-state index in [0.29, 0.717) is 22.7 Å². The Morgan fingerprint density at radius 3 is 2.41 bits per heavy atom. The maximum absolute atomic E-state index is 13.1. The van der Waals surface area contributed by atoms with E-state index in [-0.39, 0.29) is 5.91 Å². The highest BCUT2D eigenvalue weighted by molar-refractivity contribution is 9.10. The third-order valence-electron chi connectivity index (χ3n) is 5.12. The Kier molecular flexibility index (Phi) is 4.26. The fourth-order valence-electron chi connectivity index (χ4n) is 3.77. The number of anilines is 1. The molecule has 7 heteroatoms. The van der Waals surface area contributed by atoms with Crippen molar-refractivity contribution < 1.29 is 23.9 Å². The average molecular weight is 430 g/mol. The van der Waals surface area contributed by atoms with Crippen molar-refractivity contribution in [2.75, 3.05) is 12.0 Å². The zero-order chi connectivity index (χ0) is 19.3. The van der Waals surface area contributed by atoms with E-state index in [0.717, 1.165) is 9.37 Å². The van der Waals surface area contributed by atoms with Crippen molar-refractivity contribution in [1.29, 1.82) is 0 Å². The molecule has 0 saturated carbocycles. The SMILES string of the molecule is COc1ccc(N2C(=O)[C@@H]3C(=O)Oc4ccc(Br)cc4[C@H]3[C@@H](C)C2=O)cc1. The molecule has 2 heterocycles. The van der Waals surface area contributed by atoms with Crippen LogP contribution in [0.25, 0.3) is 0 Å². The molecule has 3 atom stereocenters. The molecule has 2 aliphatic heterocycles. The fourth-order valence-corrected chi connectivity index (χ4v) is 4.15. The summed E-state index contributed by atoms with van der Waals surface area (Å²) in [7, 11) is 1.53. The molecule has 2 aliphatic rings. The van der Waals surface area contributed by atoms with Crippen molar-refractivity contribution in [2.45, 2.75) is 12.8 Å². The molecule has 0 bridgehead atoms. The Morgan fingerprint density at radius 1 is 1.04 bits per heavy atom. The number of carbonyl (C=O) groups excluding carboxylic acids is 3. The Labute approximate surface area is 164 Å². The third kappa shape index (κ3) is 2.73. The van der Waals surface area contributed by atoms with E-state index in [2.05, 4.69) is 15.9 Å². The number of ether oxygens (including phenoxy) is 2. The first-order valence-corrected chi connectivity index (χ1v) is 9.24. The lowest BCUT2D eigenvalue weighted by Gasteiger charge is -2.42. The van der Waals surface area contributed by atoms with Crippen molar-refractivity contribution in [1.82, 2.24) is 0 Å². The molecule has 2 amide bonds. The molecule has 0 aliphatic carbocycles. The van der Waals surface area contributed by atoms with Gasteiger partial charge in [-0.15, -0.1) is 0 Å². The summed E-state index contributed by atoms with van der Waals surface area (Å²) in [5.74, 6) is -2.69. The zero-order valence-electron chi connectivity index (χ0n) is 14.6. The molecule has 0 aromatic heterocycles. The van der Waals surface area contributed by atoms with Crippen LogP contribution < -0.4 is 14.4 Å². The predicted octanol–water partition coefficient (Wildman–Crippen LogP) is 3.29. The first-order valence-electron chi connectivity index (χ1n) is 8.45. The molecule has 1 saturated heterocycles. The normalized spacial score (nSPS) is 24.2. The van der Waals surface area contributed by atoms with E-state index < -0.39 is 29.6 Å². The number of benzene rings is 2. The van der Waals surface area contributed by atoms with Crippen LogP contribution in [-0.2, 0) is 14.4 Å². The molecule has 6 nitrogen and oxygen atoms in total. The van der Waals surface area contributed by atoms with Crippen LogP contribution in [0.1, 0.15) is 18.4 Å². The first kappa shape index (κ1) is 17.7. The Bertz CT molecular complexity index is 955. The minimum atomic E-state index is -1.05. The van der Waals surface area contributed by atoms with Gasteiger partial charge in [0.25, 0.3) is 0 Å². The number of amides is 2. The largest absolute Gasteiger partial charge is 0.497 e. The minimum Gasteiger partial charge on any atom is -0.497 e. The number of esters is 1. The van der Waals surface area contributed by atoms with E-state index in [1.54, 1.807) is 49.4 Å². The average Bonchev–Trinajstić information content (AvgIpc) is 2.66. The number of nitrogens with zero attached hydrogens (tertiary/aromatic N) is 1. The predicted molar refractivity (Wildman–Crippen MR) is 101 cm³/mol. The summed E-state index contributed by atoms with van der Waals surface area (Å²) in [6, 6.07) is 11.8. The summed E-state index contributed by atoms with van der Waals surface area (Å²) >= 11 is 3.40. The molecule has 0 radical (unpaired) electrons. The number of hydrogen-bond acceptors (Lipinski definition) is 5. The van der Waals surface area contributed by atoms with Crippen molar-refractivity contribution in [3.05, 3.63) is 52.5 Å². The van der Waals surface area contributed by atoms with Crippen LogP contribution in [0, 0.1) is 11.8 Å². The van der Waals surface area contributed by atoms with Gasteiger partial charge in [0.05, 0.1) is 12.8 Å². The molecule has 1 fully saturated rings. The summed E-state index contributed by atoms with van der Waals surface area (Å²) in [6.45, 7) is 1.74. The molecule has 27 heavy (non-hydrogen) atoms. The Balaban J connectivity index is 1.79. The number of hydrogen-bond donors (Lipinski definition) is 0. The smallest absolute Gasteiger partial charge is 0.324 e. The van der Waals surface area contributed by atoms with Gasteiger partial charge in [0.15, 0.2) is 0 Å². The summed E-state index contributed by atoms with van der Waals surface area (Å²) in [6.07, 6.45) is 0. The van der Waals surface area contributed by atoms with Gasteiger partial charge in [-0.3, -0.25) is 14.4 Å². The number of piperidine rings is 1. The number of carbonyl (C=O) groups is 3. The fraction of sp³-hybridized carbons (Fsp3) is 0.250. The van der Waals surface area contributed by atoms with Gasteiger partial charge in [0, 0.05) is 21.9 Å². The quantitative estimate of drug-likeness (QED) is 0.317. The summed E-state index contributed by atoms with van der Waals surface area (Å²) < 4.78 is 11.3. The molecule has 0 spiro atoms. The standard InChI is InChI=1S/C20H16BrNO5/c1-10-16-14-9-11(21)3-8-15(14)27-20(25)17(16)19(24)22(18(10)23)12-4-6-13(26-2)7-5-12/h3-10,16-17H,1-2H3/t10-,16-,17-/m1/s1. The van der Waals surface area contributed by atoms with Gasteiger partial charge in [-0.05, 0) is 42.5 Å². The van der Waals surface area contributed by atoms with Crippen molar-refractivity contribution in [3.8, 4) is 11.5 Å². The Morgan fingerprint density at radius 2 is 1.74 bits per heavy atom.